The first-order chi connectivity index (χ1) is 8.62. The molecular formula is C14H30O2Si3. The molecule has 0 aromatic rings. The normalized spacial score (nSPS) is 24.5. The standard InChI is InChI=1S/C14H30O2Si3/c1-18(2,3)15-14(16-19(4,5)6)17-13-10-11-7-8-12(13)9-11/h11,14H,7-10,17H2,1-6H3. The van der Waals surface area contributed by atoms with Gasteiger partial charge < -0.3 is 8.85 Å². The average molecular weight is 315 g/mol. The Hall–Kier alpha value is 0.311. The van der Waals surface area contributed by atoms with Crippen LogP contribution in [0, 0.1) is 5.92 Å². The molecule has 2 rings (SSSR count). The summed E-state index contributed by atoms with van der Waals surface area (Å²) in [5, 5.41) is 1.80. The molecule has 1 unspecified atom stereocenters. The predicted octanol–water partition coefficient (Wildman–Crippen LogP) is 3.60. The number of rotatable bonds is 6. The number of hydrogen-bond acceptors (Lipinski definition) is 2. The Morgan fingerprint density at radius 1 is 1.00 bits per heavy atom. The highest BCUT2D eigenvalue weighted by atomic mass is 28.4. The SMILES string of the molecule is C[Si](C)(C)OC(O[Si](C)(C)C)[SiH2]C1=C2CCC(C2)C1. The lowest BCUT2D eigenvalue weighted by atomic mass is 10.1. The van der Waals surface area contributed by atoms with E-state index in [1.54, 1.807) is 10.8 Å². The van der Waals surface area contributed by atoms with Crippen molar-refractivity contribution in [3.8, 4) is 0 Å². The molecule has 2 aliphatic rings. The molecular weight excluding hydrogens is 284 g/mol. The van der Waals surface area contributed by atoms with Crippen molar-refractivity contribution in [2.75, 3.05) is 0 Å². The summed E-state index contributed by atoms with van der Waals surface area (Å²) in [5.74, 6) is 1.14. The zero-order chi connectivity index (χ0) is 14.3. The van der Waals surface area contributed by atoms with E-state index in [1.165, 1.54) is 25.7 Å². The molecule has 2 bridgehead atoms. The molecule has 0 spiro atoms. The van der Waals surface area contributed by atoms with Crippen molar-refractivity contribution in [3.63, 3.8) is 0 Å². The smallest absolute Gasteiger partial charge is 0.186 e. The fraction of sp³-hybridized carbons (Fsp3) is 0.857. The third kappa shape index (κ3) is 4.97. The van der Waals surface area contributed by atoms with Crippen molar-refractivity contribution in [1.82, 2.24) is 0 Å². The zero-order valence-electron chi connectivity index (χ0n) is 13.5. The maximum atomic E-state index is 6.36. The van der Waals surface area contributed by atoms with Crippen LogP contribution in [0.2, 0.25) is 39.3 Å². The summed E-state index contributed by atoms with van der Waals surface area (Å²) in [6.45, 7) is 13.7. The molecule has 0 aromatic heterocycles. The van der Waals surface area contributed by atoms with Crippen LogP contribution in [0.1, 0.15) is 25.7 Å². The van der Waals surface area contributed by atoms with E-state index in [0.717, 1.165) is 5.92 Å². The van der Waals surface area contributed by atoms with E-state index in [2.05, 4.69) is 39.3 Å². The van der Waals surface area contributed by atoms with Gasteiger partial charge in [0.15, 0.2) is 16.6 Å². The van der Waals surface area contributed by atoms with Gasteiger partial charge in [0, 0.05) is 0 Å². The Bertz CT molecular complexity index is 350. The minimum Gasteiger partial charge on any atom is -0.397 e. The van der Waals surface area contributed by atoms with Gasteiger partial charge in [-0.15, -0.1) is 0 Å². The summed E-state index contributed by atoms with van der Waals surface area (Å²) >= 11 is 0. The van der Waals surface area contributed by atoms with Crippen molar-refractivity contribution in [2.45, 2.75) is 70.9 Å². The highest BCUT2D eigenvalue weighted by Crippen LogP contribution is 2.44. The lowest BCUT2D eigenvalue weighted by Crippen LogP contribution is -2.43. The average Bonchev–Trinajstić information content (AvgIpc) is 2.72. The summed E-state index contributed by atoms with van der Waals surface area (Å²) in [6.07, 6.45) is 5.60. The van der Waals surface area contributed by atoms with E-state index < -0.39 is 16.6 Å². The van der Waals surface area contributed by atoms with Crippen LogP contribution in [0.5, 0.6) is 0 Å². The van der Waals surface area contributed by atoms with Gasteiger partial charge in [-0.1, -0.05) is 10.8 Å². The Balaban J connectivity index is 2.01. The van der Waals surface area contributed by atoms with E-state index in [1.807, 2.05) is 0 Å². The first-order valence-corrected chi connectivity index (χ1v) is 16.0. The second-order valence-corrected chi connectivity index (χ2v) is 19.0. The van der Waals surface area contributed by atoms with E-state index in [-0.39, 0.29) is 15.4 Å². The Morgan fingerprint density at radius 3 is 1.95 bits per heavy atom. The summed E-state index contributed by atoms with van der Waals surface area (Å²) in [6, 6.07) is 0. The van der Waals surface area contributed by atoms with Crippen LogP contribution in [0.4, 0.5) is 0 Å². The zero-order valence-corrected chi connectivity index (χ0v) is 16.9. The van der Waals surface area contributed by atoms with Gasteiger partial charge in [0.1, 0.15) is 15.4 Å². The van der Waals surface area contributed by atoms with Crippen LogP contribution < -0.4 is 0 Å². The lowest BCUT2D eigenvalue weighted by molar-refractivity contribution is 0.0613. The molecule has 0 aliphatic heterocycles. The molecule has 2 nitrogen and oxygen atoms in total. The fourth-order valence-electron chi connectivity index (χ4n) is 3.24. The number of fused-ring (bicyclic) bond motifs is 2. The van der Waals surface area contributed by atoms with Crippen molar-refractivity contribution >= 4 is 26.2 Å². The summed E-state index contributed by atoms with van der Waals surface area (Å²) in [4.78, 5) is 0. The molecule has 0 aromatic carbocycles. The van der Waals surface area contributed by atoms with Crippen molar-refractivity contribution in [2.24, 2.45) is 5.92 Å². The lowest BCUT2D eigenvalue weighted by Gasteiger charge is -2.32. The molecule has 5 heteroatoms. The second kappa shape index (κ2) is 5.60. The minimum absolute atomic E-state index is 0.153. The van der Waals surface area contributed by atoms with Crippen molar-refractivity contribution < 1.29 is 8.85 Å². The highest BCUT2D eigenvalue weighted by Gasteiger charge is 2.34. The monoisotopic (exact) mass is 314 g/mol. The first kappa shape index (κ1) is 15.7. The molecule has 19 heavy (non-hydrogen) atoms. The summed E-state index contributed by atoms with van der Waals surface area (Å²) in [5.41, 5.74) is 1.79. The van der Waals surface area contributed by atoms with Gasteiger partial charge in [0.05, 0.1) is 0 Å². The van der Waals surface area contributed by atoms with Gasteiger partial charge in [-0.25, -0.2) is 0 Å². The minimum atomic E-state index is -1.50. The molecule has 1 atom stereocenters. The van der Waals surface area contributed by atoms with Crippen LogP contribution in [-0.2, 0) is 8.85 Å². The third-order valence-electron chi connectivity index (χ3n) is 3.81. The summed E-state index contributed by atoms with van der Waals surface area (Å²) in [7, 11) is -3.39. The maximum absolute atomic E-state index is 6.36. The van der Waals surface area contributed by atoms with Gasteiger partial charge in [-0.3, -0.25) is 0 Å². The highest BCUT2D eigenvalue weighted by molar-refractivity contribution is 6.72. The topological polar surface area (TPSA) is 18.5 Å². The van der Waals surface area contributed by atoms with Gasteiger partial charge in [0.2, 0.25) is 0 Å². The molecule has 0 heterocycles. The molecule has 110 valence electrons. The van der Waals surface area contributed by atoms with Gasteiger partial charge in [0.25, 0.3) is 0 Å². The van der Waals surface area contributed by atoms with E-state index >= 15 is 0 Å². The van der Waals surface area contributed by atoms with Crippen LogP contribution in [-0.4, -0.2) is 32.1 Å². The second-order valence-electron chi connectivity index (χ2n) is 8.11. The molecule has 0 amide bonds. The fourth-order valence-corrected chi connectivity index (χ4v) is 10.3. The van der Waals surface area contributed by atoms with Crippen LogP contribution >= 0.6 is 0 Å². The molecule has 0 N–H and O–H groups in total. The van der Waals surface area contributed by atoms with E-state index in [9.17, 15) is 0 Å². The molecule has 0 radical (unpaired) electrons. The predicted molar refractivity (Wildman–Crippen MR) is 90.2 cm³/mol. The largest absolute Gasteiger partial charge is 0.397 e. The van der Waals surface area contributed by atoms with E-state index in [0.29, 0.717) is 0 Å². The Kier molecular flexibility index (Phi) is 4.62. The van der Waals surface area contributed by atoms with Crippen molar-refractivity contribution in [3.05, 3.63) is 10.8 Å². The number of allylic oxidation sites excluding steroid dienone is 2. The van der Waals surface area contributed by atoms with Crippen LogP contribution in [0.15, 0.2) is 10.8 Å². The molecule has 2 aliphatic carbocycles. The Labute approximate surface area is 123 Å². The summed E-state index contributed by atoms with van der Waals surface area (Å²) < 4.78 is 12.7. The first-order valence-electron chi connectivity index (χ1n) is 7.68. The van der Waals surface area contributed by atoms with E-state index in [4.69, 9.17) is 8.85 Å². The van der Waals surface area contributed by atoms with Crippen LogP contribution in [0.3, 0.4) is 0 Å². The quantitative estimate of drug-likeness (QED) is 0.551. The number of hydrogen-bond donors (Lipinski definition) is 0. The van der Waals surface area contributed by atoms with Crippen LogP contribution in [0.25, 0.3) is 0 Å². The molecule has 1 saturated carbocycles. The molecule has 0 saturated heterocycles. The van der Waals surface area contributed by atoms with Gasteiger partial charge >= 0.3 is 0 Å². The molecule has 1 fully saturated rings. The van der Waals surface area contributed by atoms with Gasteiger partial charge in [-0.05, 0) is 70.9 Å². The third-order valence-corrected chi connectivity index (χ3v) is 8.36. The van der Waals surface area contributed by atoms with Crippen molar-refractivity contribution in [1.29, 1.82) is 0 Å². The maximum Gasteiger partial charge on any atom is 0.186 e. The van der Waals surface area contributed by atoms with Gasteiger partial charge in [-0.2, -0.15) is 0 Å². The Morgan fingerprint density at radius 2 is 1.58 bits per heavy atom.